The molecule has 0 aromatic heterocycles. The maximum atomic E-state index is 13.0. The molecular formula is C10H14FN. The van der Waals surface area contributed by atoms with E-state index >= 15 is 0 Å². The lowest BCUT2D eigenvalue weighted by molar-refractivity contribution is 0.579. The first-order chi connectivity index (χ1) is 5.74. The van der Waals surface area contributed by atoms with Crippen molar-refractivity contribution in [2.24, 2.45) is 5.73 Å². The van der Waals surface area contributed by atoms with Gasteiger partial charge in [-0.3, -0.25) is 0 Å². The largest absolute Gasteiger partial charge is 0.327 e. The zero-order chi connectivity index (χ0) is 8.97. The number of hydrogen-bond acceptors (Lipinski definition) is 1. The first kappa shape index (κ1) is 9.20. The predicted octanol–water partition coefficient (Wildman–Crippen LogP) is 2.11. The molecule has 0 saturated heterocycles. The van der Waals surface area contributed by atoms with Crippen molar-refractivity contribution in [1.29, 1.82) is 0 Å². The summed E-state index contributed by atoms with van der Waals surface area (Å²) in [6.45, 7) is 2.01. The predicted molar refractivity (Wildman–Crippen MR) is 48.4 cm³/mol. The summed E-state index contributed by atoms with van der Waals surface area (Å²) in [5, 5.41) is 0. The minimum Gasteiger partial charge on any atom is -0.327 e. The van der Waals surface area contributed by atoms with E-state index in [-0.39, 0.29) is 11.9 Å². The normalized spacial score (nSPS) is 12.9. The lowest BCUT2D eigenvalue weighted by atomic mass is 10.0. The van der Waals surface area contributed by atoms with Gasteiger partial charge in [0.1, 0.15) is 5.82 Å². The van der Waals surface area contributed by atoms with Crippen molar-refractivity contribution in [2.45, 2.75) is 25.8 Å². The van der Waals surface area contributed by atoms with Crippen LogP contribution in [0, 0.1) is 5.82 Å². The molecule has 1 nitrogen and oxygen atoms in total. The van der Waals surface area contributed by atoms with Gasteiger partial charge in [0.15, 0.2) is 0 Å². The van der Waals surface area contributed by atoms with E-state index in [1.54, 1.807) is 12.1 Å². The third-order valence-electron chi connectivity index (χ3n) is 1.96. The highest BCUT2D eigenvalue weighted by Crippen LogP contribution is 2.09. The molecule has 0 heterocycles. The zero-order valence-corrected chi connectivity index (χ0v) is 7.26. The van der Waals surface area contributed by atoms with Gasteiger partial charge in [0.2, 0.25) is 0 Å². The first-order valence-corrected chi connectivity index (χ1v) is 4.23. The van der Waals surface area contributed by atoms with E-state index in [1.165, 1.54) is 6.07 Å². The minimum atomic E-state index is -0.151. The fourth-order valence-corrected chi connectivity index (χ4v) is 1.09. The van der Waals surface area contributed by atoms with Crippen molar-refractivity contribution < 1.29 is 4.39 Å². The number of hydrogen-bond donors (Lipinski definition) is 1. The topological polar surface area (TPSA) is 26.0 Å². The Bertz CT molecular complexity index is 247. The Kier molecular flexibility index (Phi) is 3.23. The van der Waals surface area contributed by atoms with Gasteiger partial charge >= 0.3 is 0 Å². The van der Waals surface area contributed by atoms with Crippen LogP contribution in [0.3, 0.4) is 0 Å². The highest BCUT2D eigenvalue weighted by molar-refractivity contribution is 5.18. The van der Waals surface area contributed by atoms with Crippen molar-refractivity contribution >= 4 is 0 Å². The molecule has 0 bridgehead atoms. The number of rotatable bonds is 3. The van der Waals surface area contributed by atoms with Gasteiger partial charge in [-0.05, 0) is 24.5 Å². The molecule has 0 amide bonds. The molecule has 1 atom stereocenters. The average molecular weight is 167 g/mol. The number of benzene rings is 1. The fraction of sp³-hybridized carbons (Fsp3) is 0.400. The second-order valence-electron chi connectivity index (χ2n) is 2.96. The Labute approximate surface area is 72.4 Å². The van der Waals surface area contributed by atoms with Gasteiger partial charge in [-0.15, -0.1) is 0 Å². The second kappa shape index (κ2) is 4.21. The number of nitrogens with two attached hydrogens (primary N) is 1. The van der Waals surface area contributed by atoms with Gasteiger partial charge in [-0.25, -0.2) is 4.39 Å². The van der Waals surface area contributed by atoms with E-state index in [2.05, 4.69) is 0 Å². The van der Waals surface area contributed by atoms with E-state index in [0.717, 1.165) is 6.42 Å². The van der Waals surface area contributed by atoms with Gasteiger partial charge < -0.3 is 5.73 Å². The van der Waals surface area contributed by atoms with Crippen LogP contribution in [0.25, 0.3) is 0 Å². The Morgan fingerprint density at radius 3 is 2.67 bits per heavy atom. The SMILES string of the molecule is CC[C@H](N)Cc1ccccc1F. The van der Waals surface area contributed by atoms with Crippen LogP contribution >= 0.6 is 0 Å². The fourth-order valence-electron chi connectivity index (χ4n) is 1.09. The summed E-state index contributed by atoms with van der Waals surface area (Å²) in [7, 11) is 0. The van der Waals surface area contributed by atoms with Gasteiger partial charge in [-0.1, -0.05) is 25.1 Å². The smallest absolute Gasteiger partial charge is 0.126 e. The van der Waals surface area contributed by atoms with Crippen LogP contribution in [0.1, 0.15) is 18.9 Å². The molecule has 2 heteroatoms. The molecule has 2 N–H and O–H groups in total. The molecule has 0 fully saturated rings. The Balaban J connectivity index is 2.69. The molecular weight excluding hydrogens is 153 g/mol. The molecule has 0 aliphatic carbocycles. The summed E-state index contributed by atoms with van der Waals surface area (Å²) in [6.07, 6.45) is 1.51. The van der Waals surface area contributed by atoms with Crippen molar-refractivity contribution in [3.63, 3.8) is 0 Å². The van der Waals surface area contributed by atoms with E-state index in [0.29, 0.717) is 12.0 Å². The summed E-state index contributed by atoms with van der Waals surface area (Å²) in [5.41, 5.74) is 6.42. The Morgan fingerprint density at radius 2 is 2.08 bits per heavy atom. The van der Waals surface area contributed by atoms with Crippen LogP contribution in [-0.2, 0) is 6.42 Å². The van der Waals surface area contributed by atoms with E-state index in [9.17, 15) is 4.39 Å². The van der Waals surface area contributed by atoms with Crippen LogP contribution in [0.5, 0.6) is 0 Å². The van der Waals surface area contributed by atoms with E-state index in [1.807, 2.05) is 13.0 Å². The molecule has 0 spiro atoms. The van der Waals surface area contributed by atoms with Crippen LogP contribution in [0.15, 0.2) is 24.3 Å². The maximum absolute atomic E-state index is 13.0. The third-order valence-corrected chi connectivity index (χ3v) is 1.96. The van der Waals surface area contributed by atoms with Gasteiger partial charge in [0.05, 0.1) is 0 Å². The Morgan fingerprint density at radius 1 is 1.42 bits per heavy atom. The van der Waals surface area contributed by atoms with Crippen molar-refractivity contribution in [2.75, 3.05) is 0 Å². The first-order valence-electron chi connectivity index (χ1n) is 4.23. The molecule has 0 unspecified atom stereocenters. The van der Waals surface area contributed by atoms with Crippen LogP contribution in [0.2, 0.25) is 0 Å². The van der Waals surface area contributed by atoms with Crippen molar-refractivity contribution in [1.82, 2.24) is 0 Å². The lowest BCUT2D eigenvalue weighted by Crippen LogP contribution is -2.21. The monoisotopic (exact) mass is 167 g/mol. The molecule has 0 aliphatic rings. The molecule has 1 aromatic carbocycles. The quantitative estimate of drug-likeness (QED) is 0.733. The summed E-state index contributed by atoms with van der Waals surface area (Å²) in [6, 6.07) is 6.85. The lowest BCUT2D eigenvalue weighted by Gasteiger charge is -2.08. The average Bonchev–Trinajstić information content (AvgIpc) is 2.09. The summed E-state index contributed by atoms with van der Waals surface area (Å²) in [5.74, 6) is -0.151. The standard InChI is InChI=1S/C10H14FN/c1-2-9(12)7-8-5-3-4-6-10(8)11/h3-6,9H,2,7,12H2,1H3/t9-/m0/s1. The van der Waals surface area contributed by atoms with Crippen molar-refractivity contribution in [3.8, 4) is 0 Å². The van der Waals surface area contributed by atoms with Crippen LogP contribution in [0.4, 0.5) is 4.39 Å². The van der Waals surface area contributed by atoms with Crippen LogP contribution in [-0.4, -0.2) is 6.04 Å². The molecule has 1 aromatic rings. The van der Waals surface area contributed by atoms with E-state index < -0.39 is 0 Å². The van der Waals surface area contributed by atoms with E-state index in [4.69, 9.17) is 5.73 Å². The van der Waals surface area contributed by atoms with Crippen LogP contribution < -0.4 is 5.73 Å². The highest BCUT2D eigenvalue weighted by Gasteiger charge is 2.04. The molecule has 0 aliphatic heterocycles. The summed E-state index contributed by atoms with van der Waals surface area (Å²) < 4.78 is 13.0. The highest BCUT2D eigenvalue weighted by atomic mass is 19.1. The summed E-state index contributed by atoms with van der Waals surface area (Å²) >= 11 is 0. The Hall–Kier alpha value is -0.890. The third kappa shape index (κ3) is 2.31. The maximum Gasteiger partial charge on any atom is 0.126 e. The van der Waals surface area contributed by atoms with Gasteiger partial charge in [0, 0.05) is 6.04 Å². The molecule has 1 rings (SSSR count). The molecule has 12 heavy (non-hydrogen) atoms. The molecule has 0 saturated carbocycles. The minimum absolute atomic E-state index is 0.0712. The second-order valence-corrected chi connectivity index (χ2v) is 2.96. The summed E-state index contributed by atoms with van der Waals surface area (Å²) in [4.78, 5) is 0. The van der Waals surface area contributed by atoms with Gasteiger partial charge in [0.25, 0.3) is 0 Å². The molecule has 66 valence electrons. The van der Waals surface area contributed by atoms with Crippen molar-refractivity contribution in [3.05, 3.63) is 35.6 Å². The number of halogens is 1. The van der Waals surface area contributed by atoms with Gasteiger partial charge in [-0.2, -0.15) is 0 Å². The zero-order valence-electron chi connectivity index (χ0n) is 7.26. The molecule has 0 radical (unpaired) electrons.